The number of amides is 1. The molecule has 2 aromatic rings. The molecule has 0 saturated carbocycles. The minimum absolute atomic E-state index is 0.0236. The normalized spacial score (nSPS) is 10.4. The Morgan fingerprint density at radius 2 is 2.21 bits per heavy atom. The lowest BCUT2D eigenvalue weighted by atomic mass is 10.3. The summed E-state index contributed by atoms with van der Waals surface area (Å²) in [7, 11) is 1.64. The van der Waals surface area contributed by atoms with Crippen LogP contribution in [0.3, 0.4) is 0 Å². The third-order valence-corrected chi connectivity index (χ3v) is 4.10. The fourth-order valence-electron chi connectivity index (χ4n) is 1.49. The molecule has 0 aliphatic rings. The number of rotatable bonds is 4. The topological polar surface area (TPSA) is 70.8 Å². The van der Waals surface area contributed by atoms with Crippen molar-refractivity contribution < 1.29 is 19.1 Å². The summed E-state index contributed by atoms with van der Waals surface area (Å²) in [6.07, 6.45) is 1.06. The second-order valence-corrected chi connectivity index (χ2v) is 5.81. The third-order valence-electron chi connectivity index (χ3n) is 2.42. The highest BCUT2D eigenvalue weighted by Gasteiger charge is 2.18. The Morgan fingerprint density at radius 1 is 1.47 bits per heavy atom. The van der Waals surface area contributed by atoms with Crippen molar-refractivity contribution in [1.29, 1.82) is 0 Å². The molecule has 7 heteroatoms. The Balaban J connectivity index is 2.07. The molecule has 0 aliphatic carbocycles. The molecule has 100 valence electrons. The minimum Gasteiger partial charge on any atom is -0.478 e. The number of carboxylic acids is 1. The SMILES string of the molecule is CN(Cc1cc(Br)cs1)C(=O)c1cc(C(=O)O)co1. The van der Waals surface area contributed by atoms with Crippen LogP contribution >= 0.6 is 27.3 Å². The van der Waals surface area contributed by atoms with Crippen LogP contribution in [-0.2, 0) is 6.54 Å². The quantitative estimate of drug-likeness (QED) is 0.925. The van der Waals surface area contributed by atoms with E-state index in [1.165, 1.54) is 22.3 Å². The van der Waals surface area contributed by atoms with Crippen molar-refractivity contribution in [2.45, 2.75) is 6.54 Å². The van der Waals surface area contributed by atoms with Gasteiger partial charge in [0.15, 0.2) is 5.76 Å². The Morgan fingerprint density at radius 3 is 2.74 bits per heavy atom. The molecule has 2 aromatic heterocycles. The van der Waals surface area contributed by atoms with Gasteiger partial charge in [0.1, 0.15) is 6.26 Å². The number of hydrogen-bond acceptors (Lipinski definition) is 4. The van der Waals surface area contributed by atoms with E-state index in [0.717, 1.165) is 15.6 Å². The monoisotopic (exact) mass is 343 g/mol. The smallest absolute Gasteiger partial charge is 0.338 e. The van der Waals surface area contributed by atoms with Crippen LogP contribution in [0, 0.1) is 0 Å². The molecule has 0 saturated heterocycles. The number of halogens is 1. The fraction of sp³-hybridized carbons (Fsp3) is 0.167. The van der Waals surface area contributed by atoms with Gasteiger partial charge in [-0.05, 0) is 22.0 Å². The molecular weight excluding hydrogens is 334 g/mol. The number of carbonyl (C=O) groups is 2. The van der Waals surface area contributed by atoms with Gasteiger partial charge >= 0.3 is 5.97 Å². The molecule has 1 N–H and O–H groups in total. The summed E-state index contributed by atoms with van der Waals surface area (Å²) in [4.78, 5) is 25.2. The summed E-state index contributed by atoms with van der Waals surface area (Å²) in [5.74, 6) is -1.44. The van der Waals surface area contributed by atoms with Gasteiger partial charge in [0, 0.05) is 27.8 Å². The van der Waals surface area contributed by atoms with E-state index in [1.54, 1.807) is 7.05 Å². The molecule has 0 aromatic carbocycles. The molecule has 5 nitrogen and oxygen atoms in total. The Kier molecular flexibility index (Phi) is 4.06. The molecule has 0 spiro atoms. The number of aromatic carboxylic acids is 1. The first kappa shape index (κ1) is 13.8. The van der Waals surface area contributed by atoms with Gasteiger partial charge in [-0.25, -0.2) is 4.79 Å². The second-order valence-electron chi connectivity index (χ2n) is 3.90. The Hall–Kier alpha value is -1.60. The Labute approximate surface area is 121 Å². The van der Waals surface area contributed by atoms with E-state index in [0.29, 0.717) is 6.54 Å². The van der Waals surface area contributed by atoms with Crippen molar-refractivity contribution in [3.05, 3.63) is 44.4 Å². The van der Waals surface area contributed by atoms with Gasteiger partial charge in [0.25, 0.3) is 5.91 Å². The van der Waals surface area contributed by atoms with E-state index >= 15 is 0 Å². The highest BCUT2D eigenvalue weighted by Crippen LogP contribution is 2.21. The minimum atomic E-state index is -1.12. The molecule has 19 heavy (non-hydrogen) atoms. The maximum Gasteiger partial charge on any atom is 0.338 e. The van der Waals surface area contributed by atoms with Crippen LogP contribution in [0.1, 0.15) is 25.8 Å². The van der Waals surface area contributed by atoms with Gasteiger partial charge in [0.2, 0.25) is 0 Å². The zero-order valence-corrected chi connectivity index (χ0v) is 12.3. The van der Waals surface area contributed by atoms with E-state index in [2.05, 4.69) is 15.9 Å². The highest BCUT2D eigenvalue weighted by molar-refractivity contribution is 9.10. The highest BCUT2D eigenvalue weighted by atomic mass is 79.9. The zero-order chi connectivity index (χ0) is 14.0. The van der Waals surface area contributed by atoms with Crippen molar-refractivity contribution in [3.63, 3.8) is 0 Å². The molecule has 0 atom stereocenters. The largest absolute Gasteiger partial charge is 0.478 e. The second kappa shape index (κ2) is 5.58. The van der Waals surface area contributed by atoms with Crippen molar-refractivity contribution in [3.8, 4) is 0 Å². The van der Waals surface area contributed by atoms with E-state index in [9.17, 15) is 9.59 Å². The van der Waals surface area contributed by atoms with Crippen LogP contribution in [0.2, 0.25) is 0 Å². The van der Waals surface area contributed by atoms with E-state index in [-0.39, 0.29) is 17.2 Å². The molecule has 2 rings (SSSR count). The number of furan rings is 1. The summed E-state index contributed by atoms with van der Waals surface area (Å²) >= 11 is 4.88. The number of carboxylic acid groups (broad SMARTS) is 1. The first-order chi connectivity index (χ1) is 8.97. The van der Waals surface area contributed by atoms with Gasteiger partial charge in [-0.1, -0.05) is 0 Å². The van der Waals surface area contributed by atoms with Crippen LogP contribution in [0.4, 0.5) is 0 Å². The maximum atomic E-state index is 12.0. The summed E-state index contributed by atoms with van der Waals surface area (Å²) in [5, 5.41) is 10.7. The Bertz CT molecular complexity index is 619. The zero-order valence-electron chi connectivity index (χ0n) is 9.92. The van der Waals surface area contributed by atoms with Crippen LogP contribution in [0.15, 0.2) is 32.7 Å². The molecule has 0 fully saturated rings. The average Bonchev–Trinajstić information content (AvgIpc) is 2.97. The lowest BCUT2D eigenvalue weighted by Crippen LogP contribution is -2.25. The molecule has 0 aliphatic heterocycles. The molecule has 0 unspecified atom stereocenters. The van der Waals surface area contributed by atoms with Crippen LogP contribution in [0.5, 0.6) is 0 Å². The van der Waals surface area contributed by atoms with Gasteiger partial charge in [-0.15, -0.1) is 11.3 Å². The predicted octanol–water partition coefficient (Wildman–Crippen LogP) is 3.07. The van der Waals surface area contributed by atoms with Crippen molar-refractivity contribution >= 4 is 39.1 Å². The van der Waals surface area contributed by atoms with Crippen LogP contribution in [-0.4, -0.2) is 28.9 Å². The number of nitrogens with zero attached hydrogens (tertiary/aromatic N) is 1. The standard InChI is InChI=1S/C12H10BrNO4S/c1-14(4-9-3-8(13)6-19-9)11(15)10-2-7(5-18-10)12(16)17/h2-3,5-6H,4H2,1H3,(H,16,17). The van der Waals surface area contributed by atoms with Crippen LogP contribution < -0.4 is 0 Å². The summed E-state index contributed by atoms with van der Waals surface area (Å²) in [6, 6.07) is 3.16. The van der Waals surface area contributed by atoms with Gasteiger partial charge < -0.3 is 14.4 Å². The van der Waals surface area contributed by atoms with Crippen molar-refractivity contribution in [1.82, 2.24) is 4.90 Å². The third kappa shape index (κ3) is 3.24. The number of hydrogen-bond donors (Lipinski definition) is 1. The first-order valence-corrected chi connectivity index (χ1v) is 6.95. The summed E-state index contributed by atoms with van der Waals surface area (Å²) in [5.41, 5.74) is -0.0318. The first-order valence-electron chi connectivity index (χ1n) is 5.27. The number of carbonyl (C=O) groups excluding carboxylic acids is 1. The molecule has 1 amide bonds. The molecule has 2 heterocycles. The van der Waals surface area contributed by atoms with Gasteiger partial charge in [-0.3, -0.25) is 4.79 Å². The maximum absolute atomic E-state index is 12.0. The summed E-state index contributed by atoms with van der Waals surface area (Å²) in [6.45, 7) is 0.443. The molecule has 0 bridgehead atoms. The van der Waals surface area contributed by atoms with Gasteiger partial charge in [0.05, 0.1) is 12.1 Å². The lowest BCUT2D eigenvalue weighted by molar-refractivity contribution is 0.0695. The van der Waals surface area contributed by atoms with E-state index < -0.39 is 5.97 Å². The fourth-order valence-corrected chi connectivity index (χ4v) is 2.99. The molecular formula is C12H10BrNO4S. The van der Waals surface area contributed by atoms with Crippen molar-refractivity contribution in [2.75, 3.05) is 7.05 Å². The lowest BCUT2D eigenvalue weighted by Gasteiger charge is -2.14. The van der Waals surface area contributed by atoms with Crippen LogP contribution in [0.25, 0.3) is 0 Å². The van der Waals surface area contributed by atoms with E-state index in [1.807, 2.05) is 11.4 Å². The van der Waals surface area contributed by atoms with E-state index in [4.69, 9.17) is 9.52 Å². The number of thiophene rings is 1. The van der Waals surface area contributed by atoms with Crippen molar-refractivity contribution in [2.24, 2.45) is 0 Å². The summed E-state index contributed by atoms with van der Waals surface area (Å²) < 4.78 is 5.95. The predicted molar refractivity (Wildman–Crippen MR) is 73.5 cm³/mol. The van der Waals surface area contributed by atoms with Gasteiger partial charge in [-0.2, -0.15) is 0 Å². The molecule has 0 radical (unpaired) electrons. The average molecular weight is 344 g/mol.